The lowest BCUT2D eigenvalue weighted by atomic mass is 10.4. The van der Waals surface area contributed by atoms with Gasteiger partial charge in [0.1, 0.15) is 0 Å². The van der Waals surface area contributed by atoms with Crippen LogP contribution in [0.3, 0.4) is 0 Å². The molecule has 0 aliphatic carbocycles. The molecule has 1 fully saturated rings. The Labute approximate surface area is 52.3 Å². The van der Waals surface area contributed by atoms with Crippen LogP contribution in [-0.2, 0) is 0 Å². The molecule has 1 amide bonds. The van der Waals surface area contributed by atoms with Gasteiger partial charge in [0.15, 0.2) is 0 Å². The van der Waals surface area contributed by atoms with E-state index in [1.165, 1.54) is 11.8 Å². The van der Waals surface area contributed by atoms with E-state index in [0.717, 1.165) is 5.70 Å². The molecule has 1 unspecified atom stereocenters. The number of carbonyl (C=O) groups excluding carboxylic acids is 1. The van der Waals surface area contributed by atoms with Gasteiger partial charge in [-0.15, -0.1) is 0 Å². The molecule has 1 N–H and O–H groups in total. The van der Waals surface area contributed by atoms with Crippen molar-refractivity contribution >= 4 is 17.0 Å². The molecular formula is C5H7NOS. The van der Waals surface area contributed by atoms with E-state index in [1.807, 2.05) is 6.92 Å². The summed E-state index contributed by atoms with van der Waals surface area (Å²) in [6, 6.07) is 0. The van der Waals surface area contributed by atoms with Gasteiger partial charge in [0.05, 0.1) is 5.25 Å². The van der Waals surface area contributed by atoms with Crippen LogP contribution in [0.25, 0.3) is 0 Å². The summed E-state index contributed by atoms with van der Waals surface area (Å²) >= 11 is 1.28. The van der Waals surface area contributed by atoms with Crippen molar-refractivity contribution in [3.63, 3.8) is 0 Å². The van der Waals surface area contributed by atoms with Crippen LogP contribution >= 0.6 is 11.8 Å². The van der Waals surface area contributed by atoms with Gasteiger partial charge in [0.2, 0.25) is 0 Å². The van der Waals surface area contributed by atoms with Crippen LogP contribution in [0.2, 0.25) is 0 Å². The first-order chi connectivity index (χ1) is 3.70. The van der Waals surface area contributed by atoms with Crippen molar-refractivity contribution in [1.29, 1.82) is 0 Å². The molecule has 1 saturated heterocycles. The molecule has 0 aromatic heterocycles. The van der Waals surface area contributed by atoms with Crippen molar-refractivity contribution in [1.82, 2.24) is 5.32 Å². The summed E-state index contributed by atoms with van der Waals surface area (Å²) in [4.78, 5) is 10.5. The minimum Gasteiger partial charge on any atom is -0.320 e. The average Bonchev–Trinajstić information content (AvgIpc) is 1.85. The fraction of sp³-hybridized carbons (Fsp3) is 0.400. The lowest BCUT2D eigenvalue weighted by Gasteiger charge is -1.94. The third kappa shape index (κ3) is 0.865. The van der Waals surface area contributed by atoms with Gasteiger partial charge in [-0.2, -0.15) is 0 Å². The minimum atomic E-state index is 0.0162. The molecule has 0 radical (unpaired) electrons. The highest BCUT2D eigenvalue weighted by Crippen LogP contribution is 2.23. The predicted octanol–water partition coefficient (Wildman–Crippen LogP) is 1.34. The Hall–Kier alpha value is -0.440. The van der Waals surface area contributed by atoms with Crippen LogP contribution < -0.4 is 5.32 Å². The lowest BCUT2D eigenvalue weighted by Crippen LogP contribution is -2.09. The summed E-state index contributed by atoms with van der Waals surface area (Å²) < 4.78 is 0. The van der Waals surface area contributed by atoms with Crippen molar-refractivity contribution in [3.8, 4) is 0 Å². The molecule has 1 aliphatic rings. The third-order valence-corrected chi connectivity index (χ3v) is 1.99. The summed E-state index contributed by atoms with van der Waals surface area (Å²) in [6.07, 6.45) is 0. The van der Waals surface area contributed by atoms with E-state index in [9.17, 15) is 4.79 Å². The van der Waals surface area contributed by atoms with E-state index in [2.05, 4.69) is 11.9 Å². The number of amides is 1. The van der Waals surface area contributed by atoms with Gasteiger partial charge >= 0.3 is 0 Å². The van der Waals surface area contributed by atoms with Gasteiger partial charge in [0.25, 0.3) is 5.24 Å². The van der Waals surface area contributed by atoms with Crippen molar-refractivity contribution in [3.05, 3.63) is 12.3 Å². The van der Waals surface area contributed by atoms with Gasteiger partial charge in [-0.05, 0) is 6.92 Å². The average molecular weight is 129 g/mol. The molecule has 0 saturated carbocycles. The normalized spacial score (nSPS) is 28.4. The zero-order chi connectivity index (χ0) is 6.15. The quantitative estimate of drug-likeness (QED) is 0.535. The fourth-order valence-electron chi connectivity index (χ4n) is 0.494. The molecule has 8 heavy (non-hydrogen) atoms. The van der Waals surface area contributed by atoms with E-state index in [0.29, 0.717) is 0 Å². The highest BCUT2D eigenvalue weighted by molar-refractivity contribution is 8.14. The van der Waals surface area contributed by atoms with Gasteiger partial charge in [-0.25, -0.2) is 0 Å². The first kappa shape index (κ1) is 5.69. The number of thioether (sulfide) groups is 1. The van der Waals surface area contributed by atoms with Crippen LogP contribution in [0.1, 0.15) is 6.92 Å². The Bertz CT molecular complexity index is 143. The van der Waals surface area contributed by atoms with Crippen LogP contribution in [0, 0.1) is 0 Å². The molecule has 3 heteroatoms. The maximum atomic E-state index is 10.5. The second-order valence-corrected chi connectivity index (χ2v) is 3.01. The Morgan fingerprint density at radius 1 is 1.88 bits per heavy atom. The summed E-state index contributed by atoms with van der Waals surface area (Å²) in [7, 11) is 0. The highest BCUT2D eigenvalue weighted by atomic mass is 32.2. The number of carbonyl (C=O) groups is 1. The van der Waals surface area contributed by atoms with Crippen LogP contribution in [-0.4, -0.2) is 10.5 Å². The number of nitrogens with one attached hydrogen (secondary N) is 1. The second kappa shape index (κ2) is 1.82. The summed E-state index contributed by atoms with van der Waals surface area (Å²) in [5, 5.41) is 2.86. The van der Waals surface area contributed by atoms with Gasteiger partial charge < -0.3 is 5.32 Å². The van der Waals surface area contributed by atoms with Crippen molar-refractivity contribution < 1.29 is 4.79 Å². The second-order valence-electron chi connectivity index (χ2n) is 1.70. The third-order valence-electron chi connectivity index (χ3n) is 1.04. The molecule has 44 valence electrons. The smallest absolute Gasteiger partial charge is 0.283 e. The molecule has 0 bridgehead atoms. The maximum Gasteiger partial charge on any atom is 0.283 e. The molecule has 1 atom stereocenters. The first-order valence-corrected chi connectivity index (χ1v) is 3.24. The van der Waals surface area contributed by atoms with E-state index >= 15 is 0 Å². The van der Waals surface area contributed by atoms with Crippen molar-refractivity contribution in [2.24, 2.45) is 0 Å². The van der Waals surface area contributed by atoms with Crippen LogP contribution in [0.4, 0.5) is 4.79 Å². The monoisotopic (exact) mass is 129 g/mol. The van der Waals surface area contributed by atoms with Gasteiger partial charge in [-0.3, -0.25) is 4.79 Å². The Kier molecular flexibility index (Phi) is 1.29. The van der Waals surface area contributed by atoms with Crippen molar-refractivity contribution in [2.45, 2.75) is 12.2 Å². The molecule has 0 aromatic carbocycles. The van der Waals surface area contributed by atoms with E-state index < -0.39 is 0 Å². The summed E-state index contributed by atoms with van der Waals surface area (Å²) in [5.41, 5.74) is 0.819. The minimum absolute atomic E-state index is 0.0162. The lowest BCUT2D eigenvalue weighted by molar-refractivity contribution is 0.263. The summed E-state index contributed by atoms with van der Waals surface area (Å²) in [5.74, 6) is 0. The predicted molar refractivity (Wildman–Crippen MR) is 34.7 cm³/mol. The molecule has 2 nitrogen and oxygen atoms in total. The Balaban J connectivity index is 2.64. The molecule has 0 aromatic rings. The first-order valence-electron chi connectivity index (χ1n) is 2.36. The highest BCUT2D eigenvalue weighted by Gasteiger charge is 2.21. The number of hydrogen-bond donors (Lipinski definition) is 1. The maximum absolute atomic E-state index is 10.5. The molecule has 1 rings (SSSR count). The zero-order valence-electron chi connectivity index (χ0n) is 4.60. The van der Waals surface area contributed by atoms with Gasteiger partial charge in [0, 0.05) is 5.70 Å². The molecule has 0 spiro atoms. The molecular weight excluding hydrogens is 122 g/mol. The molecule has 1 aliphatic heterocycles. The number of rotatable bonds is 0. The largest absolute Gasteiger partial charge is 0.320 e. The Morgan fingerprint density at radius 3 is 2.62 bits per heavy atom. The van der Waals surface area contributed by atoms with E-state index in [4.69, 9.17) is 0 Å². The van der Waals surface area contributed by atoms with Crippen LogP contribution in [0.15, 0.2) is 12.3 Å². The molecule has 1 heterocycles. The van der Waals surface area contributed by atoms with E-state index in [1.54, 1.807) is 0 Å². The fourth-order valence-corrected chi connectivity index (χ4v) is 1.21. The Morgan fingerprint density at radius 2 is 2.50 bits per heavy atom. The number of hydrogen-bond acceptors (Lipinski definition) is 2. The van der Waals surface area contributed by atoms with Crippen LogP contribution in [0.5, 0.6) is 0 Å². The zero-order valence-corrected chi connectivity index (χ0v) is 5.42. The van der Waals surface area contributed by atoms with Gasteiger partial charge in [-0.1, -0.05) is 18.3 Å². The standard InChI is InChI=1S/C5H7NOS/c1-3-4(2)8-5(7)6-3/h4H,1H2,2H3,(H,6,7). The van der Waals surface area contributed by atoms with Crippen molar-refractivity contribution in [2.75, 3.05) is 0 Å². The summed E-state index contributed by atoms with van der Waals surface area (Å²) in [6.45, 7) is 5.58. The topological polar surface area (TPSA) is 29.1 Å². The van der Waals surface area contributed by atoms with E-state index in [-0.39, 0.29) is 10.5 Å². The SMILES string of the molecule is C=C1NC(=O)SC1C.